The van der Waals surface area contributed by atoms with Gasteiger partial charge in [-0.3, -0.25) is 5.43 Å². The van der Waals surface area contributed by atoms with E-state index in [4.69, 9.17) is 0 Å². The molecule has 0 spiro atoms. The molecule has 1 heterocycles. The largest absolute Gasteiger partial charge is 0.438 e. The average molecular weight is 309 g/mol. The van der Waals surface area contributed by atoms with E-state index in [1.54, 1.807) is 29.7 Å². The highest BCUT2D eigenvalue weighted by atomic mass is 79.9. The van der Waals surface area contributed by atoms with Gasteiger partial charge in [0.2, 0.25) is 0 Å². The first kappa shape index (κ1) is 12.4. The Labute approximate surface area is 103 Å². The van der Waals surface area contributed by atoms with Gasteiger partial charge in [-0.25, -0.2) is 0 Å². The van der Waals surface area contributed by atoms with Gasteiger partial charge >= 0.3 is 6.18 Å². The fourth-order valence-corrected chi connectivity index (χ4v) is 2.01. The van der Waals surface area contributed by atoms with E-state index in [-0.39, 0.29) is 5.71 Å². The molecule has 0 aromatic heterocycles. The summed E-state index contributed by atoms with van der Waals surface area (Å²) in [5, 5.41) is 12.9. The molecule has 1 aliphatic heterocycles. The van der Waals surface area contributed by atoms with E-state index in [1.165, 1.54) is 0 Å². The van der Waals surface area contributed by atoms with Gasteiger partial charge in [-0.05, 0) is 6.07 Å². The minimum Gasteiger partial charge on any atom is -0.362 e. The normalized spacial score (nSPS) is 24.4. The lowest BCUT2D eigenvalue weighted by Crippen LogP contribution is -2.52. The maximum Gasteiger partial charge on any atom is 0.438 e. The number of rotatable bonds is 1. The predicted octanol–water partition coefficient (Wildman–Crippen LogP) is 2.40. The smallest absolute Gasteiger partial charge is 0.362 e. The fraction of sp³-hybridized carbons (Fsp3) is 0.300. The third kappa shape index (κ3) is 2.16. The maximum atomic E-state index is 12.5. The Balaban J connectivity index is 2.27. The van der Waals surface area contributed by atoms with Crippen molar-refractivity contribution < 1.29 is 18.3 Å². The number of nitrogens with one attached hydrogen (secondary N) is 1. The van der Waals surface area contributed by atoms with Crippen molar-refractivity contribution in [3.63, 3.8) is 0 Å². The standard InChI is InChI=1S/C10H8BrF3N2O/c11-7-4-2-1-3-6(7)8-5-9(17,16-15-8)10(12,13)14/h1-4,16-17H,5H2. The summed E-state index contributed by atoms with van der Waals surface area (Å²) in [6, 6.07) is 6.76. The molecule has 0 fully saturated rings. The Bertz CT molecular complexity index is 475. The van der Waals surface area contributed by atoms with E-state index in [0.29, 0.717) is 10.0 Å². The molecule has 1 aromatic carbocycles. The van der Waals surface area contributed by atoms with Crippen LogP contribution in [-0.4, -0.2) is 22.7 Å². The van der Waals surface area contributed by atoms with Crippen LogP contribution in [0.4, 0.5) is 13.2 Å². The zero-order valence-electron chi connectivity index (χ0n) is 8.42. The number of hydrogen-bond donors (Lipinski definition) is 2. The van der Waals surface area contributed by atoms with Crippen molar-refractivity contribution in [2.24, 2.45) is 5.10 Å². The van der Waals surface area contributed by atoms with Gasteiger partial charge in [-0.1, -0.05) is 34.1 Å². The van der Waals surface area contributed by atoms with E-state index in [2.05, 4.69) is 21.0 Å². The summed E-state index contributed by atoms with van der Waals surface area (Å²) in [6.07, 6.45) is -5.38. The second-order valence-electron chi connectivity index (χ2n) is 3.68. The lowest BCUT2D eigenvalue weighted by Gasteiger charge is -2.24. The van der Waals surface area contributed by atoms with Crippen molar-refractivity contribution >= 4 is 21.6 Å². The number of hydrazone groups is 1. The van der Waals surface area contributed by atoms with E-state index >= 15 is 0 Å². The molecule has 2 rings (SSSR count). The van der Waals surface area contributed by atoms with Crippen LogP contribution < -0.4 is 5.43 Å². The van der Waals surface area contributed by atoms with Crippen LogP contribution in [0.5, 0.6) is 0 Å². The molecule has 7 heteroatoms. The highest BCUT2D eigenvalue weighted by molar-refractivity contribution is 9.10. The summed E-state index contributed by atoms with van der Waals surface area (Å²) in [5.41, 5.74) is -0.536. The van der Waals surface area contributed by atoms with Gasteiger partial charge in [0, 0.05) is 10.0 Å². The van der Waals surface area contributed by atoms with Gasteiger partial charge in [0.15, 0.2) is 0 Å². The first-order valence-corrected chi connectivity index (χ1v) is 5.50. The monoisotopic (exact) mass is 308 g/mol. The SMILES string of the molecule is OC1(C(F)(F)F)CC(c2ccccc2Br)=NN1. The highest BCUT2D eigenvalue weighted by Gasteiger charge is 2.57. The van der Waals surface area contributed by atoms with Crippen LogP contribution in [-0.2, 0) is 0 Å². The van der Waals surface area contributed by atoms with Gasteiger partial charge in [0.05, 0.1) is 12.1 Å². The molecule has 0 saturated carbocycles. The van der Waals surface area contributed by atoms with Crippen molar-refractivity contribution in [1.29, 1.82) is 0 Å². The van der Waals surface area contributed by atoms with Crippen LogP contribution in [0.25, 0.3) is 0 Å². The van der Waals surface area contributed by atoms with Crippen molar-refractivity contribution in [3.8, 4) is 0 Å². The highest BCUT2D eigenvalue weighted by Crippen LogP contribution is 2.35. The molecule has 0 aliphatic carbocycles. The number of alkyl halides is 3. The predicted molar refractivity (Wildman–Crippen MR) is 59.4 cm³/mol. The van der Waals surface area contributed by atoms with Crippen molar-refractivity contribution in [2.45, 2.75) is 18.3 Å². The molecule has 92 valence electrons. The van der Waals surface area contributed by atoms with Crippen LogP contribution >= 0.6 is 15.9 Å². The summed E-state index contributed by atoms with van der Waals surface area (Å²) in [5.74, 6) is 0. The van der Waals surface area contributed by atoms with Crippen LogP contribution in [0.3, 0.4) is 0 Å². The van der Waals surface area contributed by atoms with Crippen molar-refractivity contribution in [1.82, 2.24) is 5.43 Å². The molecule has 1 aromatic rings. The van der Waals surface area contributed by atoms with Gasteiger partial charge in [-0.2, -0.15) is 18.3 Å². The van der Waals surface area contributed by atoms with Crippen LogP contribution in [0.1, 0.15) is 12.0 Å². The summed E-state index contributed by atoms with van der Waals surface area (Å²) >= 11 is 3.22. The molecule has 17 heavy (non-hydrogen) atoms. The molecular weight excluding hydrogens is 301 g/mol. The van der Waals surface area contributed by atoms with Crippen LogP contribution in [0.15, 0.2) is 33.8 Å². The lowest BCUT2D eigenvalue weighted by molar-refractivity contribution is -0.266. The van der Waals surface area contributed by atoms with E-state index in [0.717, 1.165) is 0 Å². The maximum absolute atomic E-state index is 12.5. The summed E-state index contributed by atoms with van der Waals surface area (Å²) < 4.78 is 38.2. The minimum atomic E-state index is -4.76. The molecule has 1 unspecified atom stereocenters. The molecular formula is C10H8BrF3N2O. The minimum absolute atomic E-state index is 0.164. The quantitative estimate of drug-likeness (QED) is 0.837. The summed E-state index contributed by atoms with van der Waals surface area (Å²) in [6.45, 7) is 0. The first-order chi connectivity index (χ1) is 7.83. The van der Waals surface area contributed by atoms with Gasteiger partial charge < -0.3 is 5.11 Å². The Morgan fingerprint density at radius 1 is 1.35 bits per heavy atom. The topological polar surface area (TPSA) is 44.6 Å². The molecule has 1 aliphatic rings. The number of benzene rings is 1. The zero-order chi connectivity index (χ0) is 12.7. The second-order valence-corrected chi connectivity index (χ2v) is 4.54. The molecule has 1 atom stereocenters. The summed E-state index contributed by atoms with van der Waals surface area (Å²) in [7, 11) is 0. The van der Waals surface area contributed by atoms with Crippen LogP contribution in [0.2, 0.25) is 0 Å². The molecule has 3 nitrogen and oxygen atoms in total. The van der Waals surface area contributed by atoms with E-state index in [9.17, 15) is 18.3 Å². The first-order valence-electron chi connectivity index (χ1n) is 4.71. The van der Waals surface area contributed by atoms with E-state index in [1.807, 2.05) is 0 Å². The lowest BCUT2D eigenvalue weighted by atomic mass is 10.0. The molecule has 2 N–H and O–H groups in total. The zero-order valence-corrected chi connectivity index (χ0v) is 10.0. The Hall–Kier alpha value is -1.08. The number of aliphatic hydroxyl groups is 1. The second kappa shape index (κ2) is 3.99. The Morgan fingerprint density at radius 2 is 2.00 bits per heavy atom. The third-order valence-corrected chi connectivity index (χ3v) is 3.14. The van der Waals surface area contributed by atoms with Crippen molar-refractivity contribution in [3.05, 3.63) is 34.3 Å². The summed E-state index contributed by atoms with van der Waals surface area (Å²) in [4.78, 5) is 0. The van der Waals surface area contributed by atoms with Gasteiger partial charge in [-0.15, -0.1) is 0 Å². The third-order valence-electron chi connectivity index (χ3n) is 2.45. The average Bonchev–Trinajstić information content (AvgIpc) is 2.62. The Morgan fingerprint density at radius 3 is 2.53 bits per heavy atom. The molecule has 0 saturated heterocycles. The van der Waals surface area contributed by atoms with E-state index < -0.39 is 18.3 Å². The fourth-order valence-electron chi connectivity index (χ4n) is 1.50. The number of nitrogens with zero attached hydrogens (tertiary/aromatic N) is 1. The van der Waals surface area contributed by atoms with Gasteiger partial charge in [0.1, 0.15) is 0 Å². The van der Waals surface area contributed by atoms with Crippen molar-refractivity contribution in [2.75, 3.05) is 0 Å². The van der Waals surface area contributed by atoms with Gasteiger partial charge in [0.25, 0.3) is 5.72 Å². The molecule has 0 radical (unpaired) electrons. The number of hydrogen-bond acceptors (Lipinski definition) is 3. The molecule has 0 bridgehead atoms. The Kier molecular flexibility index (Phi) is 2.90. The molecule has 0 amide bonds. The number of halogens is 4. The van der Waals surface area contributed by atoms with Crippen LogP contribution in [0, 0.1) is 0 Å².